The number of ether oxygens (including phenoxy) is 1. The summed E-state index contributed by atoms with van der Waals surface area (Å²) in [5, 5.41) is 12.4. The molecule has 0 saturated carbocycles. The SMILES string of the molecule is CC(C)(C)OC(=O)N1CCCNCCCN(C(=O)O)CCC1. The lowest BCUT2D eigenvalue weighted by Gasteiger charge is -2.29. The molecule has 0 spiro atoms. The second-order valence-electron chi connectivity index (χ2n) is 6.55. The smallest absolute Gasteiger partial charge is 0.410 e. The van der Waals surface area contributed by atoms with Crippen molar-refractivity contribution in [3.63, 3.8) is 0 Å². The van der Waals surface area contributed by atoms with E-state index in [1.165, 1.54) is 4.90 Å². The molecule has 7 heteroatoms. The summed E-state index contributed by atoms with van der Waals surface area (Å²) in [5.74, 6) is 0. The fourth-order valence-electron chi connectivity index (χ4n) is 2.29. The Labute approximate surface area is 132 Å². The van der Waals surface area contributed by atoms with Gasteiger partial charge in [0.1, 0.15) is 5.60 Å². The average molecular weight is 315 g/mol. The van der Waals surface area contributed by atoms with Gasteiger partial charge in [-0.2, -0.15) is 0 Å². The highest BCUT2D eigenvalue weighted by Crippen LogP contribution is 2.11. The van der Waals surface area contributed by atoms with E-state index in [2.05, 4.69) is 5.32 Å². The summed E-state index contributed by atoms with van der Waals surface area (Å²) in [5.41, 5.74) is -0.522. The molecule has 128 valence electrons. The molecular weight excluding hydrogens is 286 g/mol. The Hall–Kier alpha value is -1.50. The highest BCUT2D eigenvalue weighted by Gasteiger charge is 2.22. The maximum atomic E-state index is 12.2. The molecule has 2 amide bonds. The number of amides is 2. The highest BCUT2D eigenvalue weighted by molar-refractivity contribution is 5.68. The minimum atomic E-state index is -0.902. The summed E-state index contributed by atoms with van der Waals surface area (Å²) in [6.07, 6.45) is 1.07. The lowest BCUT2D eigenvalue weighted by Crippen LogP contribution is -2.41. The van der Waals surface area contributed by atoms with E-state index in [-0.39, 0.29) is 6.09 Å². The standard InChI is InChI=1S/C15H29N3O4/c1-15(2,3)22-14(21)18-10-5-8-16-7-4-9-17(13(19)20)11-6-12-18/h16H,4-12H2,1-3H3,(H,19,20). The number of hydrogen-bond donors (Lipinski definition) is 2. The first-order valence-corrected chi connectivity index (χ1v) is 7.96. The molecule has 1 rings (SSSR count). The number of nitrogens with one attached hydrogen (secondary N) is 1. The molecule has 0 unspecified atom stereocenters. The van der Waals surface area contributed by atoms with Crippen LogP contribution in [0.5, 0.6) is 0 Å². The lowest BCUT2D eigenvalue weighted by molar-refractivity contribution is 0.0241. The van der Waals surface area contributed by atoms with E-state index >= 15 is 0 Å². The predicted octanol–water partition coefficient (Wildman–Crippen LogP) is 1.98. The van der Waals surface area contributed by atoms with Crippen molar-refractivity contribution in [3.8, 4) is 0 Å². The van der Waals surface area contributed by atoms with E-state index in [9.17, 15) is 14.7 Å². The predicted molar refractivity (Wildman–Crippen MR) is 84.1 cm³/mol. The van der Waals surface area contributed by atoms with Crippen LogP contribution in [0.3, 0.4) is 0 Å². The Balaban J connectivity index is 2.60. The van der Waals surface area contributed by atoms with Crippen LogP contribution < -0.4 is 5.32 Å². The van der Waals surface area contributed by atoms with E-state index in [0.29, 0.717) is 32.6 Å². The zero-order valence-electron chi connectivity index (χ0n) is 13.9. The van der Waals surface area contributed by atoms with Gasteiger partial charge in [0.25, 0.3) is 0 Å². The van der Waals surface area contributed by atoms with Gasteiger partial charge in [-0.25, -0.2) is 9.59 Å². The Morgan fingerprint density at radius 1 is 0.955 bits per heavy atom. The summed E-state index contributed by atoms with van der Waals surface area (Å²) < 4.78 is 5.41. The Bertz CT molecular complexity index is 368. The quantitative estimate of drug-likeness (QED) is 0.714. The third-order valence-corrected chi connectivity index (χ3v) is 3.34. The third-order valence-electron chi connectivity index (χ3n) is 3.34. The van der Waals surface area contributed by atoms with E-state index in [1.54, 1.807) is 4.90 Å². The topological polar surface area (TPSA) is 82.1 Å². The van der Waals surface area contributed by atoms with Crippen molar-refractivity contribution >= 4 is 12.2 Å². The molecule has 0 radical (unpaired) electrons. The van der Waals surface area contributed by atoms with Crippen LogP contribution in [0, 0.1) is 0 Å². The molecule has 22 heavy (non-hydrogen) atoms. The molecule has 1 fully saturated rings. The number of carbonyl (C=O) groups excluding carboxylic acids is 1. The van der Waals surface area contributed by atoms with Crippen molar-refractivity contribution in [2.45, 2.75) is 45.6 Å². The van der Waals surface area contributed by atoms with Gasteiger partial charge < -0.3 is 25.0 Å². The first kappa shape index (κ1) is 18.5. The summed E-state index contributed by atoms with van der Waals surface area (Å²) in [4.78, 5) is 26.5. The number of hydrogen-bond acceptors (Lipinski definition) is 4. The monoisotopic (exact) mass is 315 g/mol. The fraction of sp³-hybridized carbons (Fsp3) is 0.867. The van der Waals surface area contributed by atoms with Gasteiger partial charge >= 0.3 is 12.2 Å². The zero-order chi connectivity index (χ0) is 16.6. The summed E-state index contributed by atoms with van der Waals surface area (Å²) in [7, 11) is 0. The minimum Gasteiger partial charge on any atom is -0.465 e. The van der Waals surface area contributed by atoms with Gasteiger partial charge in [-0.15, -0.1) is 0 Å². The molecule has 0 atom stereocenters. The number of carbonyl (C=O) groups is 2. The molecule has 0 aliphatic carbocycles. The van der Waals surface area contributed by atoms with Gasteiger partial charge in [0.15, 0.2) is 0 Å². The van der Waals surface area contributed by atoms with E-state index in [4.69, 9.17) is 4.74 Å². The molecule has 0 aromatic heterocycles. The van der Waals surface area contributed by atoms with Crippen LogP contribution in [0.25, 0.3) is 0 Å². The van der Waals surface area contributed by atoms with E-state index in [1.807, 2.05) is 20.8 Å². The largest absolute Gasteiger partial charge is 0.465 e. The Kier molecular flexibility index (Phi) is 7.44. The molecule has 1 aliphatic heterocycles. The van der Waals surface area contributed by atoms with Gasteiger partial charge in [0.2, 0.25) is 0 Å². The maximum absolute atomic E-state index is 12.2. The van der Waals surface area contributed by atoms with Gasteiger partial charge in [-0.3, -0.25) is 0 Å². The average Bonchev–Trinajstić information content (AvgIpc) is 2.36. The van der Waals surface area contributed by atoms with Gasteiger partial charge in [0, 0.05) is 26.2 Å². The molecule has 0 aromatic rings. The second-order valence-corrected chi connectivity index (χ2v) is 6.55. The molecule has 1 aliphatic rings. The number of rotatable bonds is 0. The van der Waals surface area contributed by atoms with Crippen molar-refractivity contribution in [2.75, 3.05) is 39.3 Å². The van der Waals surface area contributed by atoms with Crippen molar-refractivity contribution < 1.29 is 19.4 Å². The first-order valence-electron chi connectivity index (χ1n) is 7.96. The molecule has 0 bridgehead atoms. The molecule has 0 aromatic carbocycles. The second kappa shape index (κ2) is 8.82. The Morgan fingerprint density at radius 2 is 1.45 bits per heavy atom. The Morgan fingerprint density at radius 3 is 2.00 bits per heavy atom. The molecule has 1 heterocycles. The van der Waals surface area contributed by atoms with E-state index < -0.39 is 11.7 Å². The fourth-order valence-corrected chi connectivity index (χ4v) is 2.29. The summed E-state index contributed by atoms with van der Waals surface area (Å²) >= 11 is 0. The normalized spacial score (nSPS) is 19.0. The lowest BCUT2D eigenvalue weighted by atomic mass is 10.2. The zero-order valence-corrected chi connectivity index (χ0v) is 13.9. The molecule has 1 saturated heterocycles. The van der Waals surface area contributed by atoms with Crippen molar-refractivity contribution in [3.05, 3.63) is 0 Å². The van der Waals surface area contributed by atoms with Crippen LogP contribution in [-0.4, -0.2) is 72.0 Å². The van der Waals surface area contributed by atoms with Crippen LogP contribution in [0.2, 0.25) is 0 Å². The van der Waals surface area contributed by atoms with Gasteiger partial charge in [-0.05, 0) is 53.1 Å². The van der Waals surface area contributed by atoms with Gasteiger partial charge in [-0.1, -0.05) is 0 Å². The van der Waals surface area contributed by atoms with Crippen LogP contribution in [0.1, 0.15) is 40.0 Å². The maximum Gasteiger partial charge on any atom is 0.410 e. The summed E-state index contributed by atoms with van der Waals surface area (Å²) in [6, 6.07) is 0. The van der Waals surface area contributed by atoms with Crippen LogP contribution in [0.15, 0.2) is 0 Å². The molecular formula is C15H29N3O4. The number of nitrogens with zero attached hydrogens (tertiary/aromatic N) is 2. The van der Waals surface area contributed by atoms with Crippen molar-refractivity contribution in [1.29, 1.82) is 0 Å². The highest BCUT2D eigenvalue weighted by atomic mass is 16.6. The number of carboxylic acid groups (broad SMARTS) is 1. The van der Waals surface area contributed by atoms with Gasteiger partial charge in [0.05, 0.1) is 0 Å². The van der Waals surface area contributed by atoms with E-state index in [0.717, 1.165) is 25.9 Å². The van der Waals surface area contributed by atoms with Crippen LogP contribution in [0.4, 0.5) is 9.59 Å². The minimum absolute atomic E-state index is 0.327. The third kappa shape index (κ3) is 7.49. The first-order chi connectivity index (χ1) is 10.3. The van der Waals surface area contributed by atoms with Crippen LogP contribution >= 0.6 is 0 Å². The summed E-state index contributed by atoms with van der Waals surface area (Å²) in [6.45, 7) is 9.22. The van der Waals surface area contributed by atoms with Crippen LogP contribution in [-0.2, 0) is 4.74 Å². The molecule has 2 N–H and O–H groups in total. The molecule has 7 nitrogen and oxygen atoms in total. The van der Waals surface area contributed by atoms with Crippen molar-refractivity contribution in [1.82, 2.24) is 15.1 Å². The van der Waals surface area contributed by atoms with Crippen molar-refractivity contribution in [2.24, 2.45) is 0 Å².